The highest BCUT2D eigenvalue weighted by atomic mass is 19.2. The number of nitrogens with two attached hydrogens (primary N) is 1. The largest absolute Gasteiger partial charge is 0.383 e. The van der Waals surface area contributed by atoms with Gasteiger partial charge in [-0.1, -0.05) is 18.1 Å². The summed E-state index contributed by atoms with van der Waals surface area (Å²) in [4.78, 5) is 12.6. The molecule has 1 amide bonds. The Morgan fingerprint density at radius 1 is 1.33 bits per heavy atom. The lowest BCUT2D eigenvalue weighted by Crippen LogP contribution is -2.57. The topological polar surface area (TPSA) is 123 Å². The van der Waals surface area contributed by atoms with Gasteiger partial charge in [-0.2, -0.15) is 10.4 Å². The van der Waals surface area contributed by atoms with Gasteiger partial charge in [0.1, 0.15) is 23.1 Å². The highest BCUT2D eigenvalue weighted by molar-refractivity contribution is 5.91. The highest BCUT2D eigenvalue weighted by Gasteiger charge is 2.60. The first-order valence-electron chi connectivity index (χ1n) is 12.2. The molecule has 6 rings (SSSR count). The molecule has 2 heterocycles. The zero-order valence-corrected chi connectivity index (χ0v) is 20.1. The van der Waals surface area contributed by atoms with Gasteiger partial charge in [0.05, 0.1) is 17.7 Å². The van der Waals surface area contributed by atoms with Crippen LogP contribution in [0.1, 0.15) is 62.8 Å². The molecule has 3 fully saturated rings. The van der Waals surface area contributed by atoms with Crippen molar-refractivity contribution in [3.63, 3.8) is 0 Å². The van der Waals surface area contributed by atoms with Crippen molar-refractivity contribution in [2.75, 3.05) is 11.1 Å². The van der Waals surface area contributed by atoms with E-state index >= 15 is 4.39 Å². The summed E-state index contributed by atoms with van der Waals surface area (Å²) in [6, 6.07) is 6.34. The van der Waals surface area contributed by atoms with Gasteiger partial charge in [-0.05, 0) is 56.9 Å². The van der Waals surface area contributed by atoms with Crippen molar-refractivity contribution >= 4 is 17.6 Å². The van der Waals surface area contributed by atoms with Gasteiger partial charge in [-0.15, -0.1) is 0 Å². The number of carbonyl (C=O) groups excluding carboxylic acids is 1. The predicted octanol–water partition coefficient (Wildman–Crippen LogP) is 4.65. The Morgan fingerprint density at radius 3 is 2.72 bits per heavy atom. The molecule has 0 aliphatic heterocycles. The summed E-state index contributed by atoms with van der Waals surface area (Å²) < 4.78 is 36.9. The molecule has 3 N–H and O–H groups in total. The average Bonchev–Trinajstić information content (AvgIpc) is 3.24. The number of benzene rings is 1. The smallest absolute Gasteiger partial charge is 0.231 e. The number of rotatable bonds is 6. The minimum absolute atomic E-state index is 0.00191. The number of nitriles is 1. The number of amides is 1. The lowest BCUT2D eigenvalue weighted by atomic mass is 9.42. The average molecular weight is 493 g/mol. The van der Waals surface area contributed by atoms with Gasteiger partial charge in [-0.25, -0.2) is 13.5 Å². The molecule has 2 aromatic heterocycles. The lowest BCUT2D eigenvalue weighted by Gasteiger charge is -2.61. The standard InChI is InChI=1S/C26H26F2N6O2/c1-13-11-26(6-5-17(13)26)18-10-20(36-33-18)31-19(35)9-14-3-4-15(22(28)21(14)27)23-16(12-29)24(30)34(32-23)25(2)7-8-25/h3-4,10,13,17H,5-9,11,30H2,1-2H3,(H,31,35). The molecule has 1 aromatic carbocycles. The first-order valence-corrected chi connectivity index (χ1v) is 12.2. The van der Waals surface area contributed by atoms with E-state index in [0.29, 0.717) is 11.8 Å². The molecule has 3 aromatic rings. The summed E-state index contributed by atoms with van der Waals surface area (Å²) >= 11 is 0. The van der Waals surface area contributed by atoms with Gasteiger partial charge < -0.3 is 10.3 Å². The highest BCUT2D eigenvalue weighted by Crippen LogP contribution is 2.64. The van der Waals surface area contributed by atoms with Gasteiger partial charge in [0.2, 0.25) is 11.8 Å². The summed E-state index contributed by atoms with van der Waals surface area (Å²) in [5.74, 6) is -1.31. The normalized spacial score (nSPS) is 25.3. The Bertz CT molecular complexity index is 1450. The minimum atomic E-state index is -1.18. The third-order valence-electron chi connectivity index (χ3n) is 8.55. The summed E-state index contributed by atoms with van der Waals surface area (Å²) in [7, 11) is 0. The summed E-state index contributed by atoms with van der Waals surface area (Å²) in [5, 5.41) is 20.7. The van der Waals surface area contributed by atoms with Gasteiger partial charge in [0.15, 0.2) is 11.6 Å². The predicted molar refractivity (Wildman–Crippen MR) is 127 cm³/mol. The second kappa shape index (κ2) is 7.63. The first-order chi connectivity index (χ1) is 17.2. The molecule has 36 heavy (non-hydrogen) atoms. The third-order valence-corrected chi connectivity index (χ3v) is 8.55. The van der Waals surface area contributed by atoms with E-state index in [1.54, 1.807) is 6.07 Å². The fourth-order valence-electron chi connectivity index (χ4n) is 6.09. The van der Waals surface area contributed by atoms with Crippen molar-refractivity contribution in [3.05, 3.63) is 46.7 Å². The van der Waals surface area contributed by atoms with E-state index in [1.807, 2.05) is 13.0 Å². The van der Waals surface area contributed by atoms with Crippen LogP contribution in [0.3, 0.4) is 0 Å². The van der Waals surface area contributed by atoms with E-state index in [4.69, 9.17) is 10.3 Å². The van der Waals surface area contributed by atoms with Crippen molar-refractivity contribution in [3.8, 4) is 17.3 Å². The van der Waals surface area contributed by atoms with Crippen molar-refractivity contribution in [2.24, 2.45) is 11.8 Å². The molecule has 0 spiro atoms. The SMILES string of the molecule is CC1CC2(c3cc(NC(=O)Cc4ccc(-c5nn(C6(C)CC6)c(N)c5C#N)c(F)c4F)on3)CCC12. The van der Waals surface area contributed by atoms with E-state index in [1.165, 1.54) is 23.2 Å². The van der Waals surface area contributed by atoms with Crippen molar-refractivity contribution in [1.29, 1.82) is 5.26 Å². The molecule has 3 aliphatic rings. The zero-order valence-electron chi connectivity index (χ0n) is 20.1. The van der Waals surface area contributed by atoms with Crippen LogP contribution in [0.5, 0.6) is 0 Å². The fourth-order valence-corrected chi connectivity index (χ4v) is 6.09. The Labute approximate surface area is 206 Å². The van der Waals surface area contributed by atoms with E-state index in [2.05, 4.69) is 22.5 Å². The molecular weight excluding hydrogens is 466 g/mol. The molecular formula is C26H26F2N6O2. The van der Waals surface area contributed by atoms with Crippen LogP contribution >= 0.6 is 0 Å². The van der Waals surface area contributed by atoms with Crippen LogP contribution < -0.4 is 11.1 Å². The molecule has 0 saturated heterocycles. The van der Waals surface area contributed by atoms with Crippen LogP contribution in [-0.4, -0.2) is 20.8 Å². The molecule has 3 saturated carbocycles. The zero-order chi connectivity index (χ0) is 25.4. The maximum Gasteiger partial charge on any atom is 0.231 e. The lowest BCUT2D eigenvalue weighted by molar-refractivity contribution is -0.115. The van der Waals surface area contributed by atoms with Gasteiger partial charge in [0, 0.05) is 22.6 Å². The van der Waals surface area contributed by atoms with Crippen molar-refractivity contribution < 1.29 is 18.1 Å². The number of anilines is 2. The van der Waals surface area contributed by atoms with Crippen LogP contribution in [-0.2, 0) is 22.2 Å². The number of nitrogens with one attached hydrogen (secondary N) is 1. The maximum atomic E-state index is 15.1. The van der Waals surface area contributed by atoms with Gasteiger partial charge >= 0.3 is 0 Å². The first kappa shape index (κ1) is 22.7. The second-order valence-corrected chi connectivity index (χ2v) is 10.8. The van der Waals surface area contributed by atoms with Gasteiger partial charge in [-0.3, -0.25) is 10.1 Å². The van der Waals surface area contributed by atoms with Crippen LogP contribution in [0.15, 0.2) is 22.7 Å². The van der Waals surface area contributed by atoms with E-state index in [9.17, 15) is 14.4 Å². The number of hydrogen-bond donors (Lipinski definition) is 2. The molecule has 0 bridgehead atoms. The number of halogens is 2. The van der Waals surface area contributed by atoms with E-state index < -0.39 is 24.0 Å². The number of fused-ring (bicyclic) bond motifs is 1. The fraction of sp³-hybridized carbons (Fsp3) is 0.462. The Balaban J connectivity index is 1.20. The number of aromatic nitrogens is 3. The Kier molecular flexibility index (Phi) is 4.81. The molecule has 3 unspecified atom stereocenters. The van der Waals surface area contributed by atoms with Crippen molar-refractivity contribution in [2.45, 2.75) is 63.3 Å². The maximum absolute atomic E-state index is 15.1. The molecule has 3 atom stereocenters. The van der Waals surface area contributed by atoms with Crippen LogP contribution in [0.2, 0.25) is 0 Å². The van der Waals surface area contributed by atoms with Crippen LogP contribution in [0.25, 0.3) is 11.3 Å². The quantitative estimate of drug-likeness (QED) is 0.517. The van der Waals surface area contributed by atoms with Crippen molar-refractivity contribution in [1.82, 2.24) is 14.9 Å². The third kappa shape index (κ3) is 3.18. The van der Waals surface area contributed by atoms with Crippen LogP contribution in [0, 0.1) is 34.8 Å². The molecule has 0 radical (unpaired) electrons. The Hall–Kier alpha value is -3.74. The van der Waals surface area contributed by atoms with Crippen LogP contribution in [0.4, 0.5) is 20.5 Å². The Morgan fingerprint density at radius 2 is 2.11 bits per heavy atom. The summed E-state index contributed by atoms with van der Waals surface area (Å²) in [6.45, 7) is 4.17. The van der Waals surface area contributed by atoms with Gasteiger partial charge in [0.25, 0.3) is 0 Å². The number of carbonyl (C=O) groups is 1. The number of nitrogen functional groups attached to an aromatic ring is 1. The van der Waals surface area contributed by atoms with E-state index in [-0.39, 0.29) is 45.0 Å². The minimum Gasteiger partial charge on any atom is -0.383 e. The molecule has 186 valence electrons. The molecule has 10 heteroatoms. The summed E-state index contributed by atoms with van der Waals surface area (Å²) in [6.07, 6.45) is 4.57. The summed E-state index contributed by atoms with van der Waals surface area (Å²) in [5.41, 5.74) is 6.37. The second-order valence-electron chi connectivity index (χ2n) is 10.8. The number of hydrogen-bond acceptors (Lipinski definition) is 6. The number of nitrogens with zero attached hydrogens (tertiary/aromatic N) is 4. The molecule has 3 aliphatic carbocycles. The molecule has 8 nitrogen and oxygen atoms in total. The monoisotopic (exact) mass is 492 g/mol. The van der Waals surface area contributed by atoms with E-state index in [0.717, 1.165) is 31.4 Å².